The molecule has 2 rings (SSSR count). The van der Waals surface area contributed by atoms with Gasteiger partial charge < -0.3 is 5.73 Å². The number of halogens is 3. The third-order valence-electron chi connectivity index (χ3n) is 3.32. The van der Waals surface area contributed by atoms with Gasteiger partial charge in [-0.05, 0) is 43.6 Å². The zero-order valence-corrected chi connectivity index (χ0v) is 10.1. The predicted octanol–water partition coefficient (Wildman–Crippen LogP) is 2.63. The summed E-state index contributed by atoms with van der Waals surface area (Å²) in [7, 11) is 0. The summed E-state index contributed by atoms with van der Waals surface area (Å²) >= 11 is 0. The molecule has 2 nitrogen and oxygen atoms in total. The van der Waals surface area contributed by atoms with E-state index in [0.29, 0.717) is 6.54 Å². The molecule has 1 heterocycles. The van der Waals surface area contributed by atoms with Crippen LogP contribution in [0.15, 0.2) is 24.3 Å². The third-order valence-corrected chi connectivity index (χ3v) is 3.32. The van der Waals surface area contributed by atoms with Crippen molar-refractivity contribution in [3.63, 3.8) is 0 Å². The van der Waals surface area contributed by atoms with Gasteiger partial charge in [-0.15, -0.1) is 0 Å². The van der Waals surface area contributed by atoms with Crippen LogP contribution in [-0.2, 0) is 12.7 Å². The van der Waals surface area contributed by atoms with Crippen molar-refractivity contribution in [2.75, 3.05) is 13.1 Å². The second kappa shape index (κ2) is 5.28. The largest absolute Gasteiger partial charge is 0.416 e. The molecule has 1 aliphatic heterocycles. The highest BCUT2D eigenvalue weighted by Gasteiger charge is 2.30. The van der Waals surface area contributed by atoms with Gasteiger partial charge in [-0.25, -0.2) is 0 Å². The molecule has 0 radical (unpaired) electrons. The van der Waals surface area contributed by atoms with Crippen LogP contribution in [0, 0.1) is 0 Å². The first-order valence-corrected chi connectivity index (χ1v) is 6.09. The van der Waals surface area contributed by atoms with Gasteiger partial charge in [-0.1, -0.05) is 12.1 Å². The smallest absolute Gasteiger partial charge is 0.328 e. The van der Waals surface area contributed by atoms with Gasteiger partial charge in [0.1, 0.15) is 0 Å². The molecular formula is C13H17F3N2. The number of hydrogen-bond donors (Lipinski definition) is 1. The van der Waals surface area contributed by atoms with E-state index < -0.39 is 11.7 Å². The number of alkyl halides is 3. The molecule has 0 spiro atoms. The lowest BCUT2D eigenvalue weighted by Crippen LogP contribution is -2.39. The summed E-state index contributed by atoms with van der Waals surface area (Å²) in [6.07, 6.45) is -2.34. The van der Waals surface area contributed by atoms with Crippen LogP contribution in [0.25, 0.3) is 0 Å². The topological polar surface area (TPSA) is 29.3 Å². The number of nitrogens with zero attached hydrogens (tertiary/aromatic N) is 1. The van der Waals surface area contributed by atoms with Gasteiger partial charge in [0.15, 0.2) is 0 Å². The summed E-state index contributed by atoms with van der Waals surface area (Å²) in [5.74, 6) is 0. The van der Waals surface area contributed by atoms with Crippen LogP contribution in [0.1, 0.15) is 24.0 Å². The summed E-state index contributed by atoms with van der Waals surface area (Å²) < 4.78 is 37.2. The maximum absolute atomic E-state index is 12.4. The fourth-order valence-electron chi connectivity index (χ4n) is 2.17. The highest BCUT2D eigenvalue weighted by molar-refractivity contribution is 5.24. The summed E-state index contributed by atoms with van der Waals surface area (Å²) in [6, 6.07) is 5.67. The molecule has 1 aliphatic rings. The van der Waals surface area contributed by atoms with Gasteiger partial charge in [-0.3, -0.25) is 4.90 Å². The molecule has 2 N–H and O–H groups in total. The molecule has 0 atom stereocenters. The minimum atomic E-state index is -4.25. The van der Waals surface area contributed by atoms with Crippen molar-refractivity contribution in [3.05, 3.63) is 35.4 Å². The van der Waals surface area contributed by atoms with Crippen molar-refractivity contribution in [2.45, 2.75) is 31.6 Å². The molecule has 1 aromatic carbocycles. The number of piperidine rings is 1. The minimum absolute atomic E-state index is 0.272. The third kappa shape index (κ3) is 3.46. The van der Waals surface area contributed by atoms with Crippen molar-refractivity contribution < 1.29 is 13.2 Å². The molecule has 0 aliphatic carbocycles. The lowest BCUT2D eigenvalue weighted by atomic mass is 10.0. The summed E-state index contributed by atoms with van der Waals surface area (Å²) in [6.45, 7) is 2.54. The van der Waals surface area contributed by atoms with Crippen LogP contribution in [-0.4, -0.2) is 24.0 Å². The molecular weight excluding hydrogens is 241 g/mol. The first-order valence-electron chi connectivity index (χ1n) is 6.09. The summed E-state index contributed by atoms with van der Waals surface area (Å²) in [5, 5.41) is 0. The number of hydrogen-bond acceptors (Lipinski definition) is 2. The van der Waals surface area contributed by atoms with E-state index in [2.05, 4.69) is 4.90 Å². The second-order valence-corrected chi connectivity index (χ2v) is 4.81. The Balaban J connectivity index is 1.94. The number of benzene rings is 1. The monoisotopic (exact) mass is 258 g/mol. The van der Waals surface area contributed by atoms with E-state index in [1.165, 1.54) is 0 Å². The highest BCUT2D eigenvalue weighted by atomic mass is 19.4. The fourth-order valence-corrected chi connectivity index (χ4v) is 2.17. The van der Waals surface area contributed by atoms with E-state index in [-0.39, 0.29) is 6.04 Å². The predicted molar refractivity (Wildman–Crippen MR) is 63.9 cm³/mol. The highest BCUT2D eigenvalue weighted by Crippen LogP contribution is 2.29. The molecule has 18 heavy (non-hydrogen) atoms. The summed E-state index contributed by atoms with van der Waals surface area (Å²) in [4.78, 5) is 2.23. The van der Waals surface area contributed by atoms with E-state index in [1.54, 1.807) is 12.1 Å². The minimum Gasteiger partial charge on any atom is -0.328 e. The Morgan fingerprint density at radius 2 is 1.67 bits per heavy atom. The molecule has 0 unspecified atom stereocenters. The molecule has 0 saturated carbocycles. The van der Waals surface area contributed by atoms with Crippen LogP contribution in [0.4, 0.5) is 13.2 Å². The van der Waals surface area contributed by atoms with Crippen LogP contribution in [0.3, 0.4) is 0 Å². The average Bonchev–Trinajstić information content (AvgIpc) is 2.32. The quantitative estimate of drug-likeness (QED) is 0.883. The molecule has 1 fully saturated rings. The van der Waals surface area contributed by atoms with Crippen molar-refractivity contribution in [1.29, 1.82) is 0 Å². The van der Waals surface area contributed by atoms with Crippen molar-refractivity contribution in [3.8, 4) is 0 Å². The molecule has 100 valence electrons. The van der Waals surface area contributed by atoms with E-state index >= 15 is 0 Å². The lowest BCUT2D eigenvalue weighted by Gasteiger charge is -2.30. The lowest BCUT2D eigenvalue weighted by molar-refractivity contribution is -0.137. The average molecular weight is 258 g/mol. The van der Waals surface area contributed by atoms with E-state index in [4.69, 9.17) is 5.73 Å². The second-order valence-electron chi connectivity index (χ2n) is 4.81. The molecule has 1 aromatic rings. The zero-order valence-electron chi connectivity index (χ0n) is 10.1. The fraction of sp³-hybridized carbons (Fsp3) is 0.538. The maximum atomic E-state index is 12.4. The molecule has 0 bridgehead atoms. The van der Waals surface area contributed by atoms with Crippen LogP contribution in [0.5, 0.6) is 0 Å². The SMILES string of the molecule is NC1CCN(Cc2ccc(C(F)(F)F)cc2)CC1. The van der Waals surface area contributed by atoms with E-state index in [1.807, 2.05) is 0 Å². The van der Waals surface area contributed by atoms with Gasteiger partial charge in [-0.2, -0.15) is 13.2 Å². The number of likely N-dealkylation sites (tertiary alicyclic amines) is 1. The van der Waals surface area contributed by atoms with Gasteiger partial charge in [0.05, 0.1) is 5.56 Å². The Morgan fingerprint density at radius 3 is 2.17 bits per heavy atom. The maximum Gasteiger partial charge on any atom is 0.416 e. The number of nitrogens with two attached hydrogens (primary N) is 1. The molecule has 0 aromatic heterocycles. The molecule has 1 saturated heterocycles. The zero-order chi connectivity index (χ0) is 13.2. The Labute approximate surface area is 105 Å². The van der Waals surface area contributed by atoms with Crippen LogP contribution >= 0.6 is 0 Å². The van der Waals surface area contributed by atoms with Gasteiger partial charge in [0, 0.05) is 12.6 Å². The Hall–Kier alpha value is -1.07. The van der Waals surface area contributed by atoms with Gasteiger partial charge in [0.25, 0.3) is 0 Å². The first kappa shape index (κ1) is 13.4. The van der Waals surface area contributed by atoms with Crippen LogP contribution < -0.4 is 5.73 Å². The Bertz CT molecular complexity index is 378. The molecule has 5 heteroatoms. The van der Waals surface area contributed by atoms with Crippen molar-refractivity contribution in [2.24, 2.45) is 5.73 Å². The van der Waals surface area contributed by atoms with Crippen molar-refractivity contribution in [1.82, 2.24) is 4.90 Å². The van der Waals surface area contributed by atoms with E-state index in [9.17, 15) is 13.2 Å². The van der Waals surface area contributed by atoms with Gasteiger partial charge in [0.2, 0.25) is 0 Å². The summed E-state index contributed by atoms with van der Waals surface area (Å²) in [5.41, 5.74) is 6.13. The Morgan fingerprint density at radius 1 is 1.11 bits per heavy atom. The van der Waals surface area contributed by atoms with Crippen molar-refractivity contribution >= 4 is 0 Å². The first-order chi connectivity index (χ1) is 8.45. The van der Waals surface area contributed by atoms with E-state index in [0.717, 1.165) is 43.6 Å². The molecule has 0 amide bonds. The number of rotatable bonds is 2. The standard InChI is InChI=1S/C13H17F3N2/c14-13(15,16)11-3-1-10(2-4-11)9-18-7-5-12(17)6-8-18/h1-4,12H,5-9,17H2. The Kier molecular flexibility index (Phi) is 3.92. The van der Waals surface area contributed by atoms with Crippen LogP contribution in [0.2, 0.25) is 0 Å². The van der Waals surface area contributed by atoms with Gasteiger partial charge >= 0.3 is 6.18 Å². The normalized spacial score (nSPS) is 19.1.